The molecule has 5 heteroatoms. The maximum absolute atomic E-state index is 12.1. The molecule has 0 heterocycles. The van der Waals surface area contributed by atoms with Crippen molar-refractivity contribution in [2.24, 2.45) is 0 Å². The second-order valence-corrected chi connectivity index (χ2v) is 5.48. The molecule has 23 heavy (non-hydrogen) atoms. The highest BCUT2D eigenvalue weighted by Gasteiger charge is 2.13. The van der Waals surface area contributed by atoms with Gasteiger partial charge < -0.3 is 14.8 Å². The van der Waals surface area contributed by atoms with Crippen molar-refractivity contribution in [3.63, 3.8) is 0 Å². The number of benzene rings is 2. The first-order valence-corrected chi connectivity index (χ1v) is 7.82. The second kappa shape index (κ2) is 8.44. The number of carbonyl (C=O) groups excluding carboxylic acids is 1. The van der Waals surface area contributed by atoms with E-state index in [1.165, 1.54) is 0 Å². The van der Waals surface area contributed by atoms with Gasteiger partial charge in [0.15, 0.2) is 6.61 Å². The number of nitrogens with one attached hydrogen (secondary N) is 1. The minimum absolute atomic E-state index is 0.0334. The van der Waals surface area contributed by atoms with Gasteiger partial charge >= 0.3 is 0 Å². The standard InChI is InChI=1S/C18H20ClNO3/c1-3-17(13-4-8-15(22-2)9-5-13)20-18(21)12-23-16-10-6-14(19)7-11-16/h4-11,17H,3,12H2,1-2H3,(H,20,21)/t17-/m0/s1. The maximum Gasteiger partial charge on any atom is 0.258 e. The molecule has 0 spiro atoms. The van der Waals surface area contributed by atoms with Crippen molar-refractivity contribution >= 4 is 17.5 Å². The highest BCUT2D eigenvalue weighted by molar-refractivity contribution is 6.30. The molecule has 0 fully saturated rings. The Hall–Kier alpha value is -2.20. The zero-order valence-corrected chi connectivity index (χ0v) is 14.0. The van der Waals surface area contributed by atoms with Crippen molar-refractivity contribution in [1.29, 1.82) is 0 Å². The lowest BCUT2D eigenvalue weighted by Gasteiger charge is -2.18. The van der Waals surface area contributed by atoms with Crippen LogP contribution in [0.1, 0.15) is 24.9 Å². The SMILES string of the molecule is CC[C@H](NC(=O)COc1ccc(Cl)cc1)c1ccc(OC)cc1. The Morgan fingerprint density at radius 1 is 1.09 bits per heavy atom. The van der Waals surface area contributed by atoms with Crippen molar-refractivity contribution in [1.82, 2.24) is 5.32 Å². The molecule has 1 N–H and O–H groups in total. The van der Waals surface area contributed by atoms with Crippen LogP contribution in [-0.2, 0) is 4.79 Å². The molecule has 0 bridgehead atoms. The summed E-state index contributed by atoms with van der Waals surface area (Å²) in [5.41, 5.74) is 1.04. The zero-order chi connectivity index (χ0) is 16.7. The van der Waals surface area contributed by atoms with E-state index >= 15 is 0 Å². The zero-order valence-electron chi connectivity index (χ0n) is 13.2. The maximum atomic E-state index is 12.1. The summed E-state index contributed by atoms with van der Waals surface area (Å²) in [6.07, 6.45) is 0.791. The quantitative estimate of drug-likeness (QED) is 0.833. The molecule has 0 aliphatic rings. The summed E-state index contributed by atoms with van der Waals surface area (Å²) in [5, 5.41) is 3.60. The minimum atomic E-state index is -0.164. The van der Waals surface area contributed by atoms with Gasteiger partial charge in [-0.15, -0.1) is 0 Å². The normalized spacial score (nSPS) is 11.6. The Labute approximate surface area is 141 Å². The second-order valence-electron chi connectivity index (χ2n) is 5.04. The summed E-state index contributed by atoms with van der Waals surface area (Å²) in [5.74, 6) is 1.24. The van der Waals surface area contributed by atoms with E-state index in [2.05, 4.69) is 5.32 Å². The average Bonchev–Trinajstić information content (AvgIpc) is 2.59. The highest BCUT2D eigenvalue weighted by Crippen LogP contribution is 2.20. The first-order chi connectivity index (χ1) is 11.1. The highest BCUT2D eigenvalue weighted by atomic mass is 35.5. The summed E-state index contributed by atoms with van der Waals surface area (Å²) in [6, 6.07) is 14.5. The fraction of sp³-hybridized carbons (Fsp3) is 0.278. The lowest BCUT2D eigenvalue weighted by Crippen LogP contribution is -2.32. The number of methoxy groups -OCH3 is 1. The van der Waals surface area contributed by atoms with E-state index in [1.807, 2.05) is 31.2 Å². The molecule has 0 saturated heterocycles. The number of amides is 1. The molecule has 122 valence electrons. The lowest BCUT2D eigenvalue weighted by molar-refractivity contribution is -0.123. The lowest BCUT2D eigenvalue weighted by atomic mass is 10.0. The van der Waals surface area contributed by atoms with Crippen LogP contribution >= 0.6 is 11.6 Å². The Bertz CT molecular complexity index is 626. The molecule has 1 atom stereocenters. The monoisotopic (exact) mass is 333 g/mol. The fourth-order valence-corrected chi connectivity index (χ4v) is 2.30. The third-order valence-electron chi connectivity index (χ3n) is 3.45. The Morgan fingerprint density at radius 3 is 2.26 bits per heavy atom. The van der Waals surface area contributed by atoms with Gasteiger partial charge in [-0.25, -0.2) is 0 Å². The number of ether oxygens (including phenoxy) is 2. The number of carbonyl (C=O) groups is 1. The molecule has 0 aliphatic carbocycles. The molecule has 0 aliphatic heterocycles. The molecular weight excluding hydrogens is 314 g/mol. The molecule has 0 saturated carbocycles. The predicted molar refractivity (Wildman–Crippen MR) is 91.1 cm³/mol. The van der Waals surface area contributed by atoms with Gasteiger partial charge in [0, 0.05) is 5.02 Å². The van der Waals surface area contributed by atoms with E-state index in [1.54, 1.807) is 31.4 Å². The molecule has 2 rings (SSSR count). The topological polar surface area (TPSA) is 47.6 Å². The van der Waals surface area contributed by atoms with Gasteiger partial charge in [0.25, 0.3) is 5.91 Å². The van der Waals surface area contributed by atoms with Crippen LogP contribution in [0.2, 0.25) is 5.02 Å². The molecule has 0 unspecified atom stereocenters. The van der Waals surface area contributed by atoms with Gasteiger partial charge in [-0.1, -0.05) is 30.7 Å². The molecule has 1 amide bonds. The van der Waals surface area contributed by atoms with E-state index in [9.17, 15) is 4.79 Å². The third-order valence-corrected chi connectivity index (χ3v) is 3.70. The van der Waals surface area contributed by atoms with Gasteiger partial charge in [-0.05, 0) is 48.4 Å². The van der Waals surface area contributed by atoms with Crippen LogP contribution in [0.15, 0.2) is 48.5 Å². The summed E-state index contributed by atoms with van der Waals surface area (Å²) in [7, 11) is 1.63. The fourth-order valence-electron chi connectivity index (χ4n) is 2.17. The Kier molecular flexibility index (Phi) is 6.29. The van der Waals surface area contributed by atoms with Crippen LogP contribution in [0, 0.1) is 0 Å². The first kappa shape index (κ1) is 17.2. The van der Waals surface area contributed by atoms with Crippen LogP contribution in [0.3, 0.4) is 0 Å². The van der Waals surface area contributed by atoms with Crippen molar-refractivity contribution in [3.8, 4) is 11.5 Å². The van der Waals surface area contributed by atoms with Gasteiger partial charge in [0.1, 0.15) is 11.5 Å². The van der Waals surface area contributed by atoms with Gasteiger partial charge in [-0.2, -0.15) is 0 Å². The molecule has 2 aromatic rings. The van der Waals surface area contributed by atoms with Crippen LogP contribution in [0.25, 0.3) is 0 Å². The molecule has 4 nitrogen and oxygen atoms in total. The average molecular weight is 334 g/mol. The first-order valence-electron chi connectivity index (χ1n) is 7.44. The van der Waals surface area contributed by atoms with E-state index in [-0.39, 0.29) is 18.6 Å². The van der Waals surface area contributed by atoms with Crippen molar-refractivity contribution in [2.75, 3.05) is 13.7 Å². The van der Waals surface area contributed by atoms with Gasteiger partial charge in [0.2, 0.25) is 0 Å². The Balaban J connectivity index is 1.89. The van der Waals surface area contributed by atoms with Crippen molar-refractivity contribution < 1.29 is 14.3 Å². The summed E-state index contributed by atoms with van der Waals surface area (Å²) >= 11 is 5.81. The van der Waals surface area contributed by atoms with Gasteiger partial charge in [0.05, 0.1) is 13.2 Å². The largest absolute Gasteiger partial charge is 0.497 e. The van der Waals surface area contributed by atoms with Crippen LogP contribution in [0.4, 0.5) is 0 Å². The van der Waals surface area contributed by atoms with E-state index in [0.29, 0.717) is 10.8 Å². The van der Waals surface area contributed by atoms with Crippen molar-refractivity contribution in [3.05, 3.63) is 59.1 Å². The number of hydrogen-bond acceptors (Lipinski definition) is 3. The third kappa shape index (κ3) is 5.18. The molecule has 2 aromatic carbocycles. The number of rotatable bonds is 7. The minimum Gasteiger partial charge on any atom is -0.497 e. The van der Waals surface area contributed by atoms with E-state index < -0.39 is 0 Å². The number of hydrogen-bond donors (Lipinski definition) is 1. The predicted octanol–water partition coefficient (Wildman–Crippen LogP) is 3.99. The van der Waals surface area contributed by atoms with Crippen LogP contribution in [-0.4, -0.2) is 19.6 Å². The van der Waals surface area contributed by atoms with Crippen LogP contribution in [0.5, 0.6) is 11.5 Å². The van der Waals surface area contributed by atoms with Gasteiger partial charge in [-0.3, -0.25) is 4.79 Å². The molecule has 0 radical (unpaired) electrons. The van der Waals surface area contributed by atoms with E-state index in [4.69, 9.17) is 21.1 Å². The number of halogens is 1. The summed E-state index contributed by atoms with van der Waals surface area (Å²) < 4.78 is 10.6. The molecule has 0 aromatic heterocycles. The van der Waals surface area contributed by atoms with Crippen LogP contribution < -0.4 is 14.8 Å². The Morgan fingerprint density at radius 2 is 1.70 bits per heavy atom. The van der Waals surface area contributed by atoms with Crippen molar-refractivity contribution in [2.45, 2.75) is 19.4 Å². The molecular formula is C18H20ClNO3. The smallest absolute Gasteiger partial charge is 0.258 e. The van der Waals surface area contributed by atoms with E-state index in [0.717, 1.165) is 17.7 Å². The summed E-state index contributed by atoms with van der Waals surface area (Å²) in [4.78, 5) is 12.1. The summed E-state index contributed by atoms with van der Waals surface area (Å²) in [6.45, 7) is 1.99.